The predicted octanol–water partition coefficient (Wildman–Crippen LogP) is 5.25. The fraction of sp³-hybridized carbons (Fsp3) is 0.778. The molecular weight excluding hydrogens is 258 g/mol. The average molecular weight is 293 g/mol. The Labute approximate surface area is 132 Å². The lowest BCUT2D eigenvalue weighted by molar-refractivity contribution is 0.493. The van der Waals surface area contributed by atoms with Crippen LogP contribution in [0, 0.1) is 0 Å². The molecule has 0 saturated heterocycles. The quantitative estimate of drug-likeness (QED) is 0.622. The lowest BCUT2D eigenvalue weighted by atomic mass is 10.0. The summed E-state index contributed by atoms with van der Waals surface area (Å²) in [6.45, 7) is 13.9. The van der Waals surface area contributed by atoms with Crippen LogP contribution in [0.5, 0.6) is 0 Å². The predicted molar refractivity (Wildman–Crippen MR) is 94.0 cm³/mol. The molecule has 0 spiro atoms. The second-order valence-electron chi connectivity index (χ2n) is 5.13. The molecule has 21 heavy (non-hydrogen) atoms. The molecule has 3 heteroatoms. The first-order valence-electron chi connectivity index (χ1n) is 8.85. The number of rotatable bonds is 9. The van der Waals surface area contributed by atoms with E-state index in [-0.39, 0.29) is 0 Å². The van der Waals surface area contributed by atoms with Crippen molar-refractivity contribution in [1.82, 2.24) is 9.97 Å². The van der Waals surface area contributed by atoms with Gasteiger partial charge in [-0.2, -0.15) is 0 Å². The van der Waals surface area contributed by atoms with E-state index in [0.717, 1.165) is 31.0 Å². The van der Waals surface area contributed by atoms with Crippen LogP contribution in [-0.2, 0) is 6.42 Å². The summed E-state index contributed by atoms with van der Waals surface area (Å²) in [5.41, 5.74) is 1.14. The van der Waals surface area contributed by atoms with Gasteiger partial charge >= 0.3 is 0 Å². The molecule has 0 aliphatic rings. The van der Waals surface area contributed by atoms with Crippen molar-refractivity contribution in [2.45, 2.75) is 86.1 Å². The van der Waals surface area contributed by atoms with Crippen molar-refractivity contribution in [3.63, 3.8) is 0 Å². The molecule has 0 radical (unpaired) electrons. The number of hydrogen-bond donors (Lipinski definition) is 0. The topological polar surface area (TPSA) is 29.0 Å². The molecule has 1 rings (SSSR count). The summed E-state index contributed by atoms with van der Waals surface area (Å²) in [7, 11) is 0. The Bertz CT molecular complexity index is 346. The average Bonchev–Trinajstić information content (AvgIpc) is 2.54. The summed E-state index contributed by atoms with van der Waals surface area (Å²) >= 11 is 0. The van der Waals surface area contributed by atoms with E-state index in [2.05, 4.69) is 37.6 Å². The normalized spacial score (nSPS) is 10.2. The summed E-state index contributed by atoms with van der Waals surface area (Å²) in [5.74, 6) is 0.924. The number of aryl methyl sites for hydroxylation is 1. The molecule has 0 aromatic carbocycles. The van der Waals surface area contributed by atoms with E-state index < -0.39 is 0 Å². The van der Waals surface area contributed by atoms with Crippen LogP contribution in [0.25, 0.3) is 0 Å². The molecule has 0 amide bonds. The first kappa shape index (κ1) is 19.9. The molecule has 1 heterocycles. The van der Waals surface area contributed by atoms with Gasteiger partial charge in [-0.15, -0.1) is 0 Å². The Morgan fingerprint density at radius 2 is 1.62 bits per heavy atom. The maximum absolute atomic E-state index is 4.71. The van der Waals surface area contributed by atoms with Gasteiger partial charge in [-0.3, -0.25) is 0 Å². The summed E-state index contributed by atoms with van der Waals surface area (Å²) in [4.78, 5) is 11.6. The minimum atomic E-state index is 0.585. The van der Waals surface area contributed by atoms with E-state index in [4.69, 9.17) is 4.98 Å². The van der Waals surface area contributed by atoms with Crippen LogP contribution in [0.3, 0.4) is 0 Å². The summed E-state index contributed by atoms with van der Waals surface area (Å²) in [6, 6.07) is 2.60. The van der Waals surface area contributed by atoms with Gasteiger partial charge in [0.1, 0.15) is 0 Å². The van der Waals surface area contributed by atoms with Gasteiger partial charge in [0.2, 0.25) is 5.95 Å². The Morgan fingerprint density at radius 1 is 1.00 bits per heavy atom. The van der Waals surface area contributed by atoms with E-state index in [1.54, 1.807) is 0 Å². The smallest absolute Gasteiger partial charge is 0.225 e. The maximum Gasteiger partial charge on any atom is 0.225 e. The van der Waals surface area contributed by atoms with Crippen LogP contribution in [0.2, 0.25) is 0 Å². The van der Waals surface area contributed by atoms with E-state index in [1.807, 2.05) is 26.1 Å². The van der Waals surface area contributed by atoms with Crippen LogP contribution in [0.15, 0.2) is 12.3 Å². The second kappa shape index (κ2) is 12.6. The molecule has 3 nitrogen and oxygen atoms in total. The third kappa shape index (κ3) is 6.92. The Balaban J connectivity index is 0.00000191. The van der Waals surface area contributed by atoms with Gasteiger partial charge < -0.3 is 4.90 Å². The van der Waals surface area contributed by atoms with Gasteiger partial charge in [0.25, 0.3) is 0 Å². The Hall–Kier alpha value is -1.12. The zero-order valence-corrected chi connectivity index (χ0v) is 15.0. The standard InChI is InChI=1S/C16H29N3.C2H6/c1-5-9-15(10-6-2)19(13-7-3)16-17-12-11-14(8-4)18-16;1-2/h11-12,15H,5-10,13H2,1-4H3;1-2H3. The highest BCUT2D eigenvalue weighted by Crippen LogP contribution is 2.19. The second-order valence-corrected chi connectivity index (χ2v) is 5.13. The molecule has 0 aliphatic carbocycles. The lowest BCUT2D eigenvalue weighted by Gasteiger charge is -2.31. The fourth-order valence-corrected chi connectivity index (χ4v) is 2.53. The molecule has 1 aromatic heterocycles. The van der Waals surface area contributed by atoms with Crippen molar-refractivity contribution < 1.29 is 0 Å². The lowest BCUT2D eigenvalue weighted by Crippen LogP contribution is -2.37. The highest BCUT2D eigenvalue weighted by atomic mass is 15.3. The maximum atomic E-state index is 4.71. The van der Waals surface area contributed by atoms with Crippen molar-refractivity contribution in [2.75, 3.05) is 11.4 Å². The van der Waals surface area contributed by atoms with E-state index >= 15 is 0 Å². The van der Waals surface area contributed by atoms with Crippen molar-refractivity contribution in [3.05, 3.63) is 18.0 Å². The molecule has 0 saturated carbocycles. The minimum absolute atomic E-state index is 0.585. The molecule has 0 aliphatic heterocycles. The first-order chi connectivity index (χ1) is 10.3. The SMILES string of the molecule is CC.CCCC(CCC)N(CCC)c1nccc(CC)n1. The fourth-order valence-electron chi connectivity index (χ4n) is 2.53. The van der Waals surface area contributed by atoms with E-state index in [9.17, 15) is 0 Å². The van der Waals surface area contributed by atoms with Gasteiger partial charge in [-0.1, -0.05) is 54.4 Å². The van der Waals surface area contributed by atoms with Gasteiger partial charge in [0, 0.05) is 24.5 Å². The number of aromatic nitrogens is 2. The van der Waals surface area contributed by atoms with Crippen LogP contribution in [0.4, 0.5) is 5.95 Å². The molecule has 0 bridgehead atoms. The van der Waals surface area contributed by atoms with Gasteiger partial charge in [-0.25, -0.2) is 9.97 Å². The van der Waals surface area contributed by atoms with E-state index in [0.29, 0.717) is 6.04 Å². The molecule has 0 unspecified atom stereocenters. The van der Waals surface area contributed by atoms with Crippen LogP contribution in [-0.4, -0.2) is 22.6 Å². The number of nitrogens with zero attached hydrogens (tertiary/aromatic N) is 3. The summed E-state index contributed by atoms with van der Waals surface area (Å²) in [5, 5.41) is 0. The summed E-state index contributed by atoms with van der Waals surface area (Å²) in [6.07, 6.45) is 8.92. The van der Waals surface area contributed by atoms with Gasteiger partial charge in [-0.05, 0) is 31.7 Å². The Kier molecular flexibility index (Phi) is 11.9. The third-order valence-electron chi connectivity index (χ3n) is 3.47. The molecule has 0 N–H and O–H groups in total. The number of anilines is 1. The third-order valence-corrected chi connectivity index (χ3v) is 3.47. The molecule has 0 atom stereocenters. The monoisotopic (exact) mass is 293 g/mol. The van der Waals surface area contributed by atoms with Crippen LogP contribution in [0.1, 0.15) is 79.3 Å². The van der Waals surface area contributed by atoms with Crippen molar-refractivity contribution in [1.29, 1.82) is 0 Å². The van der Waals surface area contributed by atoms with Gasteiger partial charge in [0.15, 0.2) is 0 Å². The van der Waals surface area contributed by atoms with Crippen molar-refractivity contribution in [2.24, 2.45) is 0 Å². The largest absolute Gasteiger partial charge is 0.338 e. The van der Waals surface area contributed by atoms with Crippen LogP contribution >= 0.6 is 0 Å². The molecule has 1 aromatic rings. The summed E-state index contributed by atoms with van der Waals surface area (Å²) < 4.78 is 0. The minimum Gasteiger partial charge on any atom is -0.338 e. The van der Waals surface area contributed by atoms with Crippen molar-refractivity contribution in [3.8, 4) is 0 Å². The highest BCUT2D eigenvalue weighted by molar-refractivity contribution is 5.32. The zero-order chi connectivity index (χ0) is 16.1. The first-order valence-corrected chi connectivity index (χ1v) is 8.85. The molecule has 0 fully saturated rings. The number of hydrogen-bond acceptors (Lipinski definition) is 3. The van der Waals surface area contributed by atoms with Crippen LogP contribution < -0.4 is 4.90 Å². The van der Waals surface area contributed by atoms with Crippen molar-refractivity contribution >= 4 is 5.95 Å². The van der Waals surface area contributed by atoms with E-state index in [1.165, 1.54) is 25.7 Å². The molecular formula is C18H35N3. The van der Waals surface area contributed by atoms with Gasteiger partial charge in [0.05, 0.1) is 0 Å². The zero-order valence-electron chi connectivity index (χ0n) is 15.0. The Morgan fingerprint density at radius 3 is 2.10 bits per heavy atom. The highest BCUT2D eigenvalue weighted by Gasteiger charge is 2.19. The molecule has 122 valence electrons.